The van der Waals surface area contributed by atoms with Gasteiger partial charge in [0.2, 0.25) is 11.8 Å². The topological polar surface area (TPSA) is 62.3 Å². The molecule has 2 atom stereocenters. The molecule has 2 heterocycles. The largest absolute Gasteiger partial charge is 0.338 e. The van der Waals surface area contributed by atoms with Crippen molar-refractivity contribution in [2.24, 2.45) is 5.92 Å². The SMILES string of the molecule is CN1C(=O)C[C@H](C(=O)Nc2ccccn2)[C@@H]1c1ccc(Cl)cc1. The Labute approximate surface area is 139 Å². The van der Waals surface area contributed by atoms with Gasteiger partial charge in [-0.1, -0.05) is 29.8 Å². The number of anilines is 1. The minimum absolute atomic E-state index is 0.0499. The summed E-state index contributed by atoms with van der Waals surface area (Å²) >= 11 is 5.92. The Hall–Kier alpha value is -2.40. The van der Waals surface area contributed by atoms with Crippen molar-refractivity contribution in [3.63, 3.8) is 0 Å². The molecule has 1 aromatic carbocycles. The highest BCUT2D eigenvalue weighted by Crippen LogP contribution is 2.37. The molecule has 6 heteroatoms. The maximum absolute atomic E-state index is 12.6. The number of hydrogen-bond donors (Lipinski definition) is 1. The molecule has 0 aliphatic carbocycles. The summed E-state index contributed by atoms with van der Waals surface area (Å²) in [7, 11) is 1.72. The van der Waals surface area contributed by atoms with Gasteiger partial charge >= 0.3 is 0 Å². The van der Waals surface area contributed by atoms with Gasteiger partial charge in [-0.25, -0.2) is 4.98 Å². The molecule has 1 aliphatic heterocycles. The second-order valence-electron chi connectivity index (χ2n) is 5.52. The van der Waals surface area contributed by atoms with E-state index in [-0.39, 0.29) is 24.3 Å². The van der Waals surface area contributed by atoms with Crippen LogP contribution in [0.25, 0.3) is 0 Å². The first-order chi connectivity index (χ1) is 11.1. The van der Waals surface area contributed by atoms with Gasteiger partial charge in [0.15, 0.2) is 0 Å². The molecule has 118 valence electrons. The number of amides is 2. The monoisotopic (exact) mass is 329 g/mol. The molecule has 0 saturated carbocycles. The van der Waals surface area contributed by atoms with Crippen molar-refractivity contribution >= 4 is 29.2 Å². The molecule has 2 amide bonds. The summed E-state index contributed by atoms with van der Waals surface area (Å²) in [6.45, 7) is 0. The third kappa shape index (κ3) is 3.19. The van der Waals surface area contributed by atoms with Gasteiger partial charge in [-0.2, -0.15) is 0 Å². The van der Waals surface area contributed by atoms with Gasteiger partial charge in [0.1, 0.15) is 5.82 Å². The number of pyridine rings is 1. The second-order valence-corrected chi connectivity index (χ2v) is 5.95. The first-order valence-corrected chi connectivity index (χ1v) is 7.67. The number of rotatable bonds is 3. The molecule has 0 spiro atoms. The number of halogens is 1. The lowest BCUT2D eigenvalue weighted by Gasteiger charge is -2.24. The van der Waals surface area contributed by atoms with Crippen LogP contribution in [0.4, 0.5) is 5.82 Å². The van der Waals surface area contributed by atoms with Gasteiger partial charge in [0, 0.05) is 24.7 Å². The first-order valence-electron chi connectivity index (χ1n) is 7.29. The van der Waals surface area contributed by atoms with Crippen molar-refractivity contribution in [3.8, 4) is 0 Å². The standard InChI is InChI=1S/C17H16ClN3O2/c1-21-15(22)10-13(16(21)11-5-7-12(18)8-6-11)17(23)20-14-4-2-3-9-19-14/h2-9,13,16H,10H2,1H3,(H,19,20,23)/t13-,16-/m0/s1. The van der Waals surface area contributed by atoms with Gasteiger partial charge in [-0.3, -0.25) is 9.59 Å². The summed E-state index contributed by atoms with van der Waals surface area (Å²) < 4.78 is 0. The third-order valence-corrected chi connectivity index (χ3v) is 4.30. The molecule has 5 nitrogen and oxygen atoms in total. The van der Waals surface area contributed by atoms with Crippen LogP contribution in [0, 0.1) is 5.92 Å². The number of nitrogens with zero attached hydrogens (tertiary/aromatic N) is 2. The van der Waals surface area contributed by atoms with Crippen molar-refractivity contribution in [2.45, 2.75) is 12.5 Å². The average Bonchev–Trinajstić information content (AvgIpc) is 2.85. The zero-order chi connectivity index (χ0) is 16.4. The highest BCUT2D eigenvalue weighted by atomic mass is 35.5. The molecule has 1 aromatic heterocycles. The Morgan fingerprint density at radius 3 is 2.65 bits per heavy atom. The normalized spacial score (nSPS) is 20.6. The maximum atomic E-state index is 12.6. The predicted octanol–water partition coefficient (Wildman–Crippen LogP) is 2.89. The molecule has 0 radical (unpaired) electrons. The summed E-state index contributed by atoms with van der Waals surface area (Å²) in [5.74, 6) is -0.238. The lowest BCUT2D eigenvalue weighted by molar-refractivity contribution is -0.127. The number of hydrogen-bond acceptors (Lipinski definition) is 3. The van der Waals surface area contributed by atoms with Crippen LogP contribution >= 0.6 is 11.6 Å². The summed E-state index contributed by atoms with van der Waals surface area (Å²) in [5, 5.41) is 3.40. The van der Waals surface area contributed by atoms with E-state index in [0.29, 0.717) is 10.8 Å². The Bertz CT molecular complexity index is 718. The number of carbonyl (C=O) groups excluding carboxylic acids is 2. The molecule has 0 bridgehead atoms. The lowest BCUT2D eigenvalue weighted by atomic mass is 9.93. The van der Waals surface area contributed by atoms with E-state index < -0.39 is 5.92 Å². The molecule has 1 saturated heterocycles. The number of nitrogens with one attached hydrogen (secondary N) is 1. The molecule has 23 heavy (non-hydrogen) atoms. The minimum atomic E-state index is -0.462. The van der Waals surface area contributed by atoms with Crippen LogP contribution in [-0.4, -0.2) is 28.7 Å². The molecule has 0 unspecified atom stereocenters. The van der Waals surface area contributed by atoms with E-state index in [1.165, 1.54) is 0 Å². The number of likely N-dealkylation sites (tertiary alicyclic amines) is 1. The Kier molecular flexibility index (Phi) is 4.30. The summed E-state index contributed by atoms with van der Waals surface area (Å²) in [4.78, 5) is 30.4. The smallest absolute Gasteiger partial charge is 0.231 e. The highest BCUT2D eigenvalue weighted by Gasteiger charge is 2.42. The van der Waals surface area contributed by atoms with Crippen molar-refractivity contribution < 1.29 is 9.59 Å². The van der Waals surface area contributed by atoms with Crippen LogP contribution in [0.15, 0.2) is 48.7 Å². The Balaban J connectivity index is 1.85. The van der Waals surface area contributed by atoms with E-state index in [1.807, 2.05) is 12.1 Å². The zero-order valence-electron chi connectivity index (χ0n) is 12.6. The zero-order valence-corrected chi connectivity index (χ0v) is 13.3. The number of benzene rings is 1. The molecule has 2 aromatic rings. The van der Waals surface area contributed by atoms with Crippen LogP contribution in [-0.2, 0) is 9.59 Å². The number of aromatic nitrogens is 1. The van der Waals surface area contributed by atoms with Crippen LogP contribution in [0.1, 0.15) is 18.0 Å². The lowest BCUT2D eigenvalue weighted by Crippen LogP contribution is -2.30. The van der Waals surface area contributed by atoms with Crippen LogP contribution in [0.3, 0.4) is 0 Å². The Morgan fingerprint density at radius 1 is 1.26 bits per heavy atom. The first kappa shape index (κ1) is 15.5. The number of carbonyl (C=O) groups is 2. The quantitative estimate of drug-likeness (QED) is 0.941. The van der Waals surface area contributed by atoms with Crippen LogP contribution in [0.2, 0.25) is 5.02 Å². The average molecular weight is 330 g/mol. The van der Waals surface area contributed by atoms with E-state index in [9.17, 15) is 9.59 Å². The van der Waals surface area contributed by atoms with E-state index in [2.05, 4.69) is 10.3 Å². The molecule has 1 N–H and O–H groups in total. The fraction of sp³-hybridized carbons (Fsp3) is 0.235. The van der Waals surface area contributed by atoms with Gasteiger partial charge in [-0.05, 0) is 29.8 Å². The van der Waals surface area contributed by atoms with Gasteiger partial charge in [0.05, 0.1) is 12.0 Å². The van der Waals surface area contributed by atoms with Crippen molar-refractivity contribution in [1.29, 1.82) is 0 Å². The molecule has 3 rings (SSSR count). The van der Waals surface area contributed by atoms with E-state index >= 15 is 0 Å². The predicted molar refractivity (Wildman–Crippen MR) is 87.9 cm³/mol. The van der Waals surface area contributed by atoms with E-state index in [4.69, 9.17) is 11.6 Å². The van der Waals surface area contributed by atoms with Crippen molar-refractivity contribution in [3.05, 3.63) is 59.2 Å². The fourth-order valence-electron chi connectivity index (χ4n) is 2.88. The molecule has 1 aliphatic rings. The van der Waals surface area contributed by atoms with E-state index in [0.717, 1.165) is 5.56 Å². The van der Waals surface area contributed by atoms with Crippen molar-refractivity contribution in [2.75, 3.05) is 12.4 Å². The van der Waals surface area contributed by atoms with Gasteiger partial charge in [-0.15, -0.1) is 0 Å². The third-order valence-electron chi connectivity index (χ3n) is 4.05. The molecule has 1 fully saturated rings. The maximum Gasteiger partial charge on any atom is 0.231 e. The van der Waals surface area contributed by atoms with Crippen molar-refractivity contribution in [1.82, 2.24) is 9.88 Å². The summed E-state index contributed by atoms with van der Waals surface area (Å²) in [5.41, 5.74) is 0.893. The fourth-order valence-corrected chi connectivity index (χ4v) is 3.00. The van der Waals surface area contributed by atoms with Crippen LogP contribution < -0.4 is 5.32 Å². The Morgan fingerprint density at radius 2 is 2.00 bits per heavy atom. The minimum Gasteiger partial charge on any atom is -0.338 e. The van der Waals surface area contributed by atoms with Gasteiger partial charge in [0.25, 0.3) is 0 Å². The summed E-state index contributed by atoms with van der Waals surface area (Å²) in [6.07, 6.45) is 1.79. The summed E-state index contributed by atoms with van der Waals surface area (Å²) in [6, 6.07) is 12.2. The highest BCUT2D eigenvalue weighted by molar-refractivity contribution is 6.30. The van der Waals surface area contributed by atoms with Gasteiger partial charge < -0.3 is 10.2 Å². The second kappa shape index (κ2) is 6.38. The van der Waals surface area contributed by atoms with E-state index in [1.54, 1.807) is 48.5 Å². The van der Waals surface area contributed by atoms with Crippen LogP contribution in [0.5, 0.6) is 0 Å². The molecular formula is C17H16ClN3O2. The molecular weight excluding hydrogens is 314 g/mol.